The van der Waals surface area contributed by atoms with Crippen LogP contribution < -0.4 is 5.32 Å². The maximum atomic E-state index is 11.7. The van der Waals surface area contributed by atoms with E-state index < -0.39 is 6.09 Å². The molecule has 2 amide bonds. The van der Waals surface area contributed by atoms with Crippen molar-refractivity contribution < 1.29 is 14.7 Å². The van der Waals surface area contributed by atoms with E-state index in [0.717, 1.165) is 6.42 Å². The molecule has 0 bridgehead atoms. The lowest BCUT2D eigenvalue weighted by molar-refractivity contribution is -0.128. The first-order valence-corrected chi connectivity index (χ1v) is 6.57. The van der Waals surface area contributed by atoms with Crippen molar-refractivity contribution in [3.05, 3.63) is 0 Å². The summed E-state index contributed by atoms with van der Waals surface area (Å²) in [5.74, 6) is 1.77. The molecule has 2 atom stereocenters. The molecule has 5 nitrogen and oxygen atoms in total. The summed E-state index contributed by atoms with van der Waals surface area (Å²) in [7, 11) is 0. The van der Waals surface area contributed by atoms with Crippen molar-refractivity contribution in [2.45, 2.75) is 27.2 Å². The van der Waals surface area contributed by atoms with Gasteiger partial charge >= 0.3 is 6.09 Å². The first-order valence-electron chi connectivity index (χ1n) is 6.57. The third-order valence-corrected chi connectivity index (χ3v) is 4.09. The van der Waals surface area contributed by atoms with E-state index in [9.17, 15) is 9.59 Å². The van der Waals surface area contributed by atoms with Gasteiger partial charge in [-0.3, -0.25) is 4.79 Å². The van der Waals surface area contributed by atoms with Gasteiger partial charge in [-0.2, -0.15) is 0 Å². The SMILES string of the molecule is CC(C)(C)C(=O)NCCC1C2CN(C(=O)O)CC12. The van der Waals surface area contributed by atoms with E-state index in [1.807, 2.05) is 20.8 Å². The van der Waals surface area contributed by atoms with E-state index in [1.54, 1.807) is 0 Å². The number of fused-ring (bicyclic) bond motifs is 1. The van der Waals surface area contributed by atoms with Gasteiger partial charge in [0.15, 0.2) is 0 Å². The highest BCUT2D eigenvalue weighted by Gasteiger charge is 2.55. The number of amides is 2. The molecule has 0 radical (unpaired) electrons. The lowest BCUT2D eigenvalue weighted by Crippen LogP contribution is -2.36. The van der Waals surface area contributed by atoms with Gasteiger partial charge in [-0.05, 0) is 24.2 Å². The molecular weight excluding hydrogens is 232 g/mol. The minimum Gasteiger partial charge on any atom is -0.465 e. The van der Waals surface area contributed by atoms with Crippen LogP contribution >= 0.6 is 0 Å². The average Bonchev–Trinajstić information content (AvgIpc) is 2.72. The number of carbonyl (C=O) groups is 2. The van der Waals surface area contributed by atoms with Gasteiger partial charge in [0.1, 0.15) is 0 Å². The van der Waals surface area contributed by atoms with Crippen molar-refractivity contribution in [3.63, 3.8) is 0 Å². The lowest BCUT2D eigenvalue weighted by atomic mass is 9.95. The van der Waals surface area contributed by atoms with Crippen molar-refractivity contribution >= 4 is 12.0 Å². The van der Waals surface area contributed by atoms with E-state index in [-0.39, 0.29) is 11.3 Å². The van der Waals surface area contributed by atoms with Crippen LogP contribution in [-0.2, 0) is 4.79 Å². The number of nitrogens with one attached hydrogen (secondary N) is 1. The number of hydrogen-bond acceptors (Lipinski definition) is 2. The minimum atomic E-state index is -0.804. The molecule has 2 aliphatic rings. The molecule has 0 aromatic heterocycles. The van der Waals surface area contributed by atoms with Crippen molar-refractivity contribution in [2.75, 3.05) is 19.6 Å². The zero-order valence-corrected chi connectivity index (χ0v) is 11.3. The Bertz CT molecular complexity index is 350. The summed E-state index contributed by atoms with van der Waals surface area (Å²) < 4.78 is 0. The van der Waals surface area contributed by atoms with Gasteiger partial charge in [0.25, 0.3) is 0 Å². The summed E-state index contributed by atoms with van der Waals surface area (Å²) in [6.07, 6.45) is 0.173. The predicted molar refractivity (Wildman–Crippen MR) is 67.1 cm³/mol. The standard InChI is InChI=1S/C13H22N2O3/c1-13(2,3)11(16)14-5-4-8-9-6-15(12(17)18)7-10(8)9/h8-10H,4-7H2,1-3H3,(H,14,16)(H,17,18). The van der Waals surface area contributed by atoms with Crippen LogP contribution in [0.25, 0.3) is 0 Å². The molecule has 2 rings (SSSR count). The van der Waals surface area contributed by atoms with E-state index in [1.165, 1.54) is 4.90 Å². The predicted octanol–water partition coefficient (Wildman–Crippen LogP) is 1.39. The Morgan fingerprint density at radius 1 is 1.28 bits per heavy atom. The molecule has 2 N–H and O–H groups in total. The van der Waals surface area contributed by atoms with Gasteiger partial charge in [0.2, 0.25) is 5.91 Å². The van der Waals surface area contributed by atoms with Gasteiger partial charge < -0.3 is 15.3 Å². The quantitative estimate of drug-likeness (QED) is 0.799. The van der Waals surface area contributed by atoms with Crippen LogP contribution in [-0.4, -0.2) is 41.6 Å². The molecule has 2 fully saturated rings. The molecule has 2 unspecified atom stereocenters. The first-order chi connectivity index (χ1) is 8.30. The second kappa shape index (κ2) is 4.44. The molecule has 1 aliphatic carbocycles. The van der Waals surface area contributed by atoms with Crippen LogP contribution in [0.15, 0.2) is 0 Å². The van der Waals surface area contributed by atoms with Gasteiger partial charge in [-0.1, -0.05) is 20.8 Å². The molecule has 0 aromatic carbocycles. The van der Waals surface area contributed by atoms with Crippen LogP contribution in [0.1, 0.15) is 27.2 Å². The second-order valence-electron chi connectivity index (χ2n) is 6.47. The van der Waals surface area contributed by atoms with Gasteiger partial charge in [-0.25, -0.2) is 4.79 Å². The van der Waals surface area contributed by atoms with E-state index in [4.69, 9.17) is 5.11 Å². The largest absolute Gasteiger partial charge is 0.465 e. The average molecular weight is 254 g/mol. The summed E-state index contributed by atoms with van der Waals surface area (Å²) in [4.78, 5) is 23.9. The van der Waals surface area contributed by atoms with Crippen LogP contribution in [0.2, 0.25) is 0 Å². The fourth-order valence-electron chi connectivity index (χ4n) is 2.85. The van der Waals surface area contributed by atoms with Crippen molar-refractivity contribution in [2.24, 2.45) is 23.2 Å². The summed E-state index contributed by atoms with van der Waals surface area (Å²) in [6, 6.07) is 0. The molecule has 102 valence electrons. The van der Waals surface area contributed by atoms with Crippen LogP contribution in [0.4, 0.5) is 4.79 Å². The summed E-state index contributed by atoms with van der Waals surface area (Å²) >= 11 is 0. The molecule has 1 heterocycles. The molecule has 1 aliphatic heterocycles. The van der Waals surface area contributed by atoms with Crippen molar-refractivity contribution in [3.8, 4) is 0 Å². The number of carbonyl (C=O) groups excluding carboxylic acids is 1. The third-order valence-electron chi connectivity index (χ3n) is 4.09. The van der Waals surface area contributed by atoms with Gasteiger partial charge in [0.05, 0.1) is 0 Å². The first kappa shape index (κ1) is 13.2. The molecule has 1 saturated carbocycles. The zero-order valence-electron chi connectivity index (χ0n) is 11.3. The number of nitrogens with zero attached hydrogens (tertiary/aromatic N) is 1. The fraction of sp³-hybridized carbons (Fsp3) is 0.846. The molecule has 5 heteroatoms. The highest BCUT2D eigenvalue weighted by Crippen LogP contribution is 2.53. The smallest absolute Gasteiger partial charge is 0.407 e. The van der Waals surface area contributed by atoms with E-state index in [2.05, 4.69) is 5.32 Å². The molecule has 1 saturated heterocycles. The number of hydrogen-bond donors (Lipinski definition) is 2. The number of likely N-dealkylation sites (tertiary alicyclic amines) is 1. The van der Waals surface area contributed by atoms with Crippen LogP contribution in [0.5, 0.6) is 0 Å². The number of carboxylic acid groups (broad SMARTS) is 1. The second-order valence-corrected chi connectivity index (χ2v) is 6.47. The Labute approximate surface area is 108 Å². The Balaban J connectivity index is 1.65. The zero-order chi connectivity index (χ0) is 13.5. The van der Waals surface area contributed by atoms with Crippen molar-refractivity contribution in [1.29, 1.82) is 0 Å². The fourth-order valence-corrected chi connectivity index (χ4v) is 2.85. The highest BCUT2D eigenvalue weighted by atomic mass is 16.4. The maximum Gasteiger partial charge on any atom is 0.407 e. The van der Waals surface area contributed by atoms with E-state index >= 15 is 0 Å². The molecule has 0 aromatic rings. The monoisotopic (exact) mass is 254 g/mol. The lowest BCUT2D eigenvalue weighted by Gasteiger charge is -2.18. The van der Waals surface area contributed by atoms with Crippen LogP contribution in [0.3, 0.4) is 0 Å². The normalized spacial score (nSPS) is 29.9. The maximum absolute atomic E-state index is 11.7. The summed E-state index contributed by atoms with van der Waals surface area (Å²) in [6.45, 7) is 7.77. The van der Waals surface area contributed by atoms with Crippen LogP contribution in [0, 0.1) is 23.2 Å². The Kier molecular flexibility index (Phi) is 3.25. The minimum absolute atomic E-state index is 0.0838. The molecule has 18 heavy (non-hydrogen) atoms. The number of rotatable bonds is 3. The Hall–Kier alpha value is -1.26. The van der Waals surface area contributed by atoms with E-state index in [0.29, 0.717) is 37.4 Å². The topological polar surface area (TPSA) is 69.6 Å². The molecular formula is C13H22N2O3. The highest BCUT2D eigenvalue weighted by molar-refractivity contribution is 5.81. The van der Waals surface area contributed by atoms with Crippen molar-refractivity contribution in [1.82, 2.24) is 10.2 Å². The van der Waals surface area contributed by atoms with Gasteiger partial charge in [0, 0.05) is 25.0 Å². The number of piperidine rings is 1. The Morgan fingerprint density at radius 3 is 2.28 bits per heavy atom. The van der Waals surface area contributed by atoms with Gasteiger partial charge in [-0.15, -0.1) is 0 Å². The summed E-state index contributed by atoms with van der Waals surface area (Å²) in [5.41, 5.74) is -0.334. The Morgan fingerprint density at radius 2 is 1.83 bits per heavy atom. The molecule has 0 spiro atoms. The third kappa shape index (κ3) is 2.60. The summed E-state index contributed by atoms with van der Waals surface area (Å²) in [5, 5.41) is 11.8.